The second kappa shape index (κ2) is 5.50. The summed E-state index contributed by atoms with van der Waals surface area (Å²) in [5.41, 5.74) is 5.53. The number of nitrogens with two attached hydrogens (primary N) is 1. The van der Waals surface area contributed by atoms with Gasteiger partial charge in [-0.15, -0.1) is 0 Å². The fourth-order valence-electron chi connectivity index (χ4n) is 0.875. The van der Waals surface area contributed by atoms with Gasteiger partial charge < -0.3 is 15.8 Å². The van der Waals surface area contributed by atoms with Gasteiger partial charge in [-0.25, -0.2) is 9.97 Å². The molecule has 15 heavy (non-hydrogen) atoms. The summed E-state index contributed by atoms with van der Waals surface area (Å²) in [6, 6.07) is 0. The highest BCUT2D eigenvalue weighted by molar-refractivity contribution is 9.10. The maximum absolute atomic E-state index is 11.0. The Morgan fingerprint density at radius 1 is 1.67 bits per heavy atom. The minimum atomic E-state index is -0.346. The molecule has 0 unspecified atom stereocenters. The summed E-state index contributed by atoms with van der Waals surface area (Å²) in [7, 11) is 0. The maximum atomic E-state index is 11.0. The Morgan fingerprint density at radius 3 is 3.07 bits per heavy atom. The van der Waals surface area contributed by atoms with Crippen molar-refractivity contribution < 1.29 is 9.53 Å². The second-order valence-electron chi connectivity index (χ2n) is 2.58. The molecule has 0 amide bonds. The molecule has 3 N–H and O–H groups in total. The summed E-state index contributed by atoms with van der Waals surface area (Å²) in [6.07, 6.45) is 1.31. The topological polar surface area (TPSA) is 90.1 Å². The molecule has 1 rings (SSSR count). The van der Waals surface area contributed by atoms with E-state index in [1.165, 1.54) is 6.33 Å². The third kappa shape index (κ3) is 3.35. The van der Waals surface area contributed by atoms with Crippen LogP contribution < -0.4 is 11.1 Å². The molecule has 1 heterocycles. The lowest BCUT2D eigenvalue weighted by Crippen LogP contribution is -2.17. The summed E-state index contributed by atoms with van der Waals surface area (Å²) in [5, 5.41) is 2.79. The monoisotopic (exact) mass is 274 g/mol. The number of carbonyl (C=O) groups is 1. The fraction of sp³-hybridized carbons (Fsp3) is 0.375. The summed E-state index contributed by atoms with van der Waals surface area (Å²) in [6.45, 7) is 2.15. The van der Waals surface area contributed by atoms with E-state index in [-0.39, 0.29) is 12.5 Å². The van der Waals surface area contributed by atoms with Gasteiger partial charge in [-0.05, 0) is 22.9 Å². The number of esters is 1. The third-order valence-corrected chi connectivity index (χ3v) is 2.30. The zero-order chi connectivity index (χ0) is 11.3. The molecule has 0 radical (unpaired) electrons. The van der Waals surface area contributed by atoms with E-state index in [0.717, 1.165) is 0 Å². The van der Waals surface area contributed by atoms with Crippen molar-refractivity contribution in [2.24, 2.45) is 0 Å². The lowest BCUT2D eigenvalue weighted by atomic mass is 10.5. The van der Waals surface area contributed by atoms with E-state index in [2.05, 4.69) is 31.2 Å². The number of ether oxygens (including phenoxy) is 1. The number of carbonyl (C=O) groups excluding carboxylic acids is 1. The number of anilines is 2. The first-order chi connectivity index (χ1) is 7.15. The van der Waals surface area contributed by atoms with Crippen molar-refractivity contribution in [2.75, 3.05) is 24.2 Å². The van der Waals surface area contributed by atoms with Crippen molar-refractivity contribution >= 4 is 33.5 Å². The third-order valence-electron chi connectivity index (χ3n) is 1.52. The Morgan fingerprint density at radius 2 is 2.40 bits per heavy atom. The first-order valence-corrected chi connectivity index (χ1v) is 5.10. The minimum absolute atomic E-state index is 0.0445. The molecule has 0 aromatic carbocycles. The molecule has 0 saturated carbocycles. The molecule has 0 aliphatic heterocycles. The average Bonchev–Trinajstić information content (AvgIpc) is 2.21. The van der Waals surface area contributed by atoms with Crippen molar-refractivity contribution in [3.8, 4) is 0 Å². The molecule has 1 aromatic heterocycles. The van der Waals surface area contributed by atoms with Gasteiger partial charge in [-0.2, -0.15) is 0 Å². The van der Waals surface area contributed by atoms with Crippen LogP contribution in [0.2, 0.25) is 0 Å². The van der Waals surface area contributed by atoms with E-state index in [0.29, 0.717) is 22.7 Å². The van der Waals surface area contributed by atoms with Crippen molar-refractivity contribution in [3.63, 3.8) is 0 Å². The Balaban J connectivity index is 2.58. The zero-order valence-electron chi connectivity index (χ0n) is 8.16. The van der Waals surface area contributed by atoms with E-state index in [9.17, 15) is 4.79 Å². The molecule has 0 saturated heterocycles. The number of halogens is 1. The second-order valence-corrected chi connectivity index (χ2v) is 3.37. The van der Waals surface area contributed by atoms with Crippen molar-refractivity contribution in [1.29, 1.82) is 0 Å². The molecule has 82 valence electrons. The molecule has 0 spiro atoms. The normalized spacial score (nSPS) is 9.73. The van der Waals surface area contributed by atoms with Crippen LogP contribution >= 0.6 is 15.9 Å². The zero-order valence-corrected chi connectivity index (χ0v) is 9.74. The molecule has 0 aliphatic rings. The molecule has 0 atom stereocenters. The van der Waals surface area contributed by atoms with Gasteiger partial charge in [-0.1, -0.05) is 0 Å². The van der Waals surface area contributed by atoms with Gasteiger partial charge >= 0.3 is 5.97 Å². The van der Waals surface area contributed by atoms with Gasteiger partial charge in [0.15, 0.2) is 0 Å². The molecule has 0 bridgehead atoms. The summed E-state index contributed by atoms with van der Waals surface area (Å²) < 4.78 is 5.28. The van der Waals surface area contributed by atoms with Crippen molar-refractivity contribution in [2.45, 2.75) is 6.92 Å². The van der Waals surface area contributed by atoms with Crippen LogP contribution in [0.4, 0.5) is 11.6 Å². The molecule has 0 fully saturated rings. The fourth-order valence-corrected chi connectivity index (χ4v) is 1.22. The lowest BCUT2D eigenvalue weighted by molar-refractivity contribution is -0.140. The van der Waals surface area contributed by atoms with E-state index in [1.54, 1.807) is 6.92 Å². The lowest BCUT2D eigenvalue weighted by Gasteiger charge is -2.07. The van der Waals surface area contributed by atoms with Crippen LogP contribution in [-0.2, 0) is 9.53 Å². The van der Waals surface area contributed by atoms with E-state index >= 15 is 0 Å². The van der Waals surface area contributed by atoms with Crippen molar-refractivity contribution in [1.82, 2.24) is 9.97 Å². The van der Waals surface area contributed by atoms with Crippen LogP contribution in [-0.4, -0.2) is 29.1 Å². The first-order valence-electron chi connectivity index (χ1n) is 4.30. The number of hydrogen-bond donors (Lipinski definition) is 2. The quantitative estimate of drug-likeness (QED) is 0.790. The molecule has 6 nitrogen and oxygen atoms in total. The highest BCUT2D eigenvalue weighted by Gasteiger charge is 2.07. The number of rotatable bonds is 4. The smallest absolute Gasteiger partial charge is 0.325 e. The number of nitrogens with zero attached hydrogens (tertiary/aromatic N) is 2. The Bertz CT molecular complexity index is 358. The van der Waals surface area contributed by atoms with Crippen LogP contribution in [0.15, 0.2) is 10.8 Å². The molecular formula is C8H11BrN4O2. The number of hydrogen-bond acceptors (Lipinski definition) is 6. The predicted molar refractivity (Wildman–Crippen MR) is 59.3 cm³/mol. The average molecular weight is 275 g/mol. The van der Waals surface area contributed by atoms with Gasteiger partial charge in [0.2, 0.25) is 0 Å². The Labute approximate surface area is 95.4 Å². The van der Waals surface area contributed by atoms with Gasteiger partial charge in [0.1, 0.15) is 29.0 Å². The maximum Gasteiger partial charge on any atom is 0.325 e. The Kier molecular flexibility index (Phi) is 4.29. The highest BCUT2D eigenvalue weighted by atomic mass is 79.9. The van der Waals surface area contributed by atoms with Crippen LogP contribution in [0.25, 0.3) is 0 Å². The summed E-state index contributed by atoms with van der Waals surface area (Å²) in [4.78, 5) is 18.7. The predicted octanol–water partition coefficient (Wildman–Crippen LogP) is 0.796. The highest BCUT2D eigenvalue weighted by Crippen LogP contribution is 2.23. The van der Waals surface area contributed by atoms with E-state index < -0.39 is 0 Å². The summed E-state index contributed by atoms with van der Waals surface area (Å²) in [5.74, 6) is 0.438. The van der Waals surface area contributed by atoms with Crippen molar-refractivity contribution in [3.05, 3.63) is 10.8 Å². The van der Waals surface area contributed by atoms with E-state index in [1.807, 2.05) is 0 Å². The number of nitrogens with one attached hydrogen (secondary N) is 1. The first kappa shape index (κ1) is 11.7. The molecule has 1 aromatic rings. The molecule has 7 heteroatoms. The van der Waals surface area contributed by atoms with Crippen LogP contribution in [0.1, 0.15) is 6.92 Å². The van der Waals surface area contributed by atoms with Gasteiger partial charge in [0, 0.05) is 0 Å². The molecular weight excluding hydrogens is 264 g/mol. The summed E-state index contributed by atoms with van der Waals surface area (Å²) >= 11 is 3.20. The largest absolute Gasteiger partial charge is 0.465 e. The Hall–Kier alpha value is -1.37. The standard InChI is InChI=1S/C8H11BrN4O2/c1-2-15-5(14)3-11-8-6(9)7(10)12-4-13-8/h4H,2-3H2,1H3,(H3,10,11,12,13). The van der Waals surface area contributed by atoms with E-state index in [4.69, 9.17) is 10.5 Å². The minimum Gasteiger partial charge on any atom is -0.465 e. The number of nitrogen functional groups attached to an aromatic ring is 1. The van der Waals surface area contributed by atoms with Gasteiger partial charge in [0.25, 0.3) is 0 Å². The van der Waals surface area contributed by atoms with Gasteiger partial charge in [-0.3, -0.25) is 4.79 Å². The van der Waals surface area contributed by atoms with Crippen LogP contribution in [0.5, 0.6) is 0 Å². The van der Waals surface area contributed by atoms with Crippen LogP contribution in [0.3, 0.4) is 0 Å². The van der Waals surface area contributed by atoms with Crippen LogP contribution in [0, 0.1) is 0 Å². The van der Waals surface area contributed by atoms with Gasteiger partial charge in [0.05, 0.1) is 6.61 Å². The number of aromatic nitrogens is 2. The molecule has 0 aliphatic carbocycles. The SMILES string of the molecule is CCOC(=O)CNc1ncnc(N)c1Br.